The molecule has 0 radical (unpaired) electrons. The average molecular weight is 164 g/mol. The smallest absolute Gasteiger partial charge is 0.356 e. The molecule has 0 aliphatic carbocycles. The molecule has 0 unspecified atom stereocenters. The summed E-state index contributed by atoms with van der Waals surface area (Å²) in [5.74, 6) is -1.08. The van der Waals surface area contributed by atoms with Crippen LogP contribution in [0.2, 0.25) is 0 Å². The fraction of sp³-hybridized carbons (Fsp3) is 0. The SMILES string of the molecule is O=C(O)c1cn2ncnc2cn1. The molecule has 60 valence electrons. The molecule has 6 nitrogen and oxygen atoms in total. The molecule has 0 spiro atoms. The lowest BCUT2D eigenvalue weighted by Gasteiger charge is -1.92. The zero-order valence-corrected chi connectivity index (χ0v) is 5.88. The van der Waals surface area contributed by atoms with Crippen molar-refractivity contribution in [2.45, 2.75) is 0 Å². The first-order valence-electron chi connectivity index (χ1n) is 3.16. The van der Waals surface area contributed by atoms with Gasteiger partial charge in [0.05, 0.1) is 12.4 Å². The van der Waals surface area contributed by atoms with Crippen LogP contribution < -0.4 is 0 Å². The Morgan fingerprint density at radius 2 is 2.33 bits per heavy atom. The van der Waals surface area contributed by atoms with Crippen molar-refractivity contribution in [3.05, 3.63) is 24.4 Å². The summed E-state index contributed by atoms with van der Waals surface area (Å²) in [7, 11) is 0. The number of nitrogens with zero attached hydrogens (tertiary/aromatic N) is 4. The molecule has 0 saturated carbocycles. The summed E-state index contributed by atoms with van der Waals surface area (Å²) < 4.78 is 1.36. The number of rotatable bonds is 1. The number of hydrogen-bond acceptors (Lipinski definition) is 4. The summed E-state index contributed by atoms with van der Waals surface area (Å²) >= 11 is 0. The van der Waals surface area contributed by atoms with Gasteiger partial charge in [-0.15, -0.1) is 0 Å². The van der Waals surface area contributed by atoms with E-state index in [1.807, 2.05) is 0 Å². The van der Waals surface area contributed by atoms with Crippen LogP contribution in [0.1, 0.15) is 10.5 Å². The second kappa shape index (κ2) is 2.26. The maximum absolute atomic E-state index is 10.4. The van der Waals surface area contributed by atoms with Crippen molar-refractivity contribution in [1.29, 1.82) is 0 Å². The van der Waals surface area contributed by atoms with E-state index in [1.54, 1.807) is 0 Å². The van der Waals surface area contributed by atoms with E-state index in [9.17, 15) is 4.79 Å². The molecular formula is C6H4N4O2. The van der Waals surface area contributed by atoms with E-state index in [1.165, 1.54) is 23.2 Å². The minimum absolute atomic E-state index is 0.0481. The lowest BCUT2D eigenvalue weighted by Crippen LogP contribution is -2.02. The van der Waals surface area contributed by atoms with Crippen molar-refractivity contribution in [3.8, 4) is 0 Å². The predicted octanol–water partition coefficient (Wildman–Crippen LogP) is -0.177. The molecular weight excluding hydrogens is 160 g/mol. The standard InChI is InChI=1S/C6H4N4O2/c11-6(12)4-2-10-5(1-7-4)8-3-9-10/h1-3H,(H,11,12). The van der Waals surface area contributed by atoms with Crippen LogP contribution in [0.4, 0.5) is 0 Å². The van der Waals surface area contributed by atoms with Crippen molar-refractivity contribution in [2.75, 3.05) is 0 Å². The second-order valence-electron chi connectivity index (χ2n) is 2.14. The van der Waals surface area contributed by atoms with Crippen molar-refractivity contribution in [2.24, 2.45) is 0 Å². The highest BCUT2D eigenvalue weighted by Gasteiger charge is 2.05. The number of carboxylic acid groups (broad SMARTS) is 1. The fourth-order valence-electron chi connectivity index (χ4n) is 0.838. The third-order valence-corrected chi connectivity index (χ3v) is 1.38. The van der Waals surface area contributed by atoms with Gasteiger partial charge in [-0.2, -0.15) is 5.10 Å². The first-order valence-corrected chi connectivity index (χ1v) is 3.16. The second-order valence-corrected chi connectivity index (χ2v) is 2.14. The van der Waals surface area contributed by atoms with Crippen molar-refractivity contribution < 1.29 is 9.90 Å². The molecule has 2 rings (SSSR count). The quantitative estimate of drug-likeness (QED) is 0.632. The van der Waals surface area contributed by atoms with Gasteiger partial charge in [0.25, 0.3) is 0 Å². The number of carbonyl (C=O) groups is 1. The molecule has 12 heavy (non-hydrogen) atoms. The summed E-state index contributed by atoms with van der Waals surface area (Å²) in [4.78, 5) is 17.9. The molecule has 2 aromatic heterocycles. The maximum atomic E-state index is 10.4. The first kappa shape index (κ1) is 6.71. The summed E-state index contributed by atoms with van der Waals surface area (Å²) in [6, 6.07) is 0. The van der Waals surface area contributed by atoms with E-state index in [0.29, 0.717) is 5.65 Å². The van der Waals surface area contributed by atoms with E-state index in [4.69, 9.17) is 5.11 Å². The summed E-state index contributed by atoms with van der Waals surface area (Å²) in [6.07, 6.45) is 4.00. The van der Waals surface area contributed by atoms with E-state index < -0.39 is 5.97 Å². The Morgan fingerprint density at radius 1 is 1.50 bits per heavy atom. The summed E-state index contributed by atoms with van der Waals surface area (Å²) in [6.45, 7) is 0. The van der Waals surface area contributed by atoms with Gasteiger partial charge in [-0.3, -0.25) is 0 Å². The van der Waals surface area contributed by atoms with Crippen molar-refractivity contribution in [3.63, 3.8) is 0 Å². The van der Waals surface area contributed by atoms with Gasteiger partial charge in [-0.1, -0.05) is 0 Å². The van der Waals surface area contributed by atoms with Crippen LogP contribution in [0.25, 0.3) is 5.65 Å². The van der Waals surface area contributed by atoms with Crippen molar-refractivity contribution in [1.82, 2.24) is 19.6 Å². The highest BCUT2D eigenvalue weighted by Crippen LogP contribution is 1.97. The Labute approximate surface area is 66.5 Å². The first-order chi connectivity index (χ1) is 5.77. The van der Waals surface area contributed by atoms with E-state index in [-0.39, 0.29) is 5.69 Å². The molecule has 0 atom stereocenters. The molecule has 0 saturated heterocycles. The Morgan fingerprint density at radius 3 is 3.08 bits per heavy atom. The van der Waals surface area contributed by atoms with Gasteiger partial charge in [0.15, 0.2) is 11.3 Å². The third kappa shape index (κ3) is 0.895. The van der Waals surface area contributed by atoms with Gasteiger partial charge in [-0.05, 0) is 0 Å². The molecule has 0 aromatic carbocycles. The maximum Gasteiger partial charge on any atom is 0.356 e. The fourth-order valence-corrected chi connectivity index (χ4v) is 0.838. The Kier molecular flexibility index (Phi) is 1.26. The number of aromatic carboxylic acids is 1. The summed E-state index contributed by atoms with van der Waals surface area (Å²) in [5.41, 5.74) is 0.480. The molecule has 0 bridgehead atoms. The van der Waals surface area contributed by atoms with Crippen LogP contribution in [0.15, 0.2) is 18.7 Å². The largest absolute Gasteiger partial charge is 0.476 e. The Hall–Kier alpha value is -1.98. The van der Waals surface area contributed by atoms with Crippen LogP contribution in [0, 0.1) is 0 Å². The Bertz CT molecular complexity index is 436. The van der Waals surface area contributed by atoms with Gasteiger partial charge >= 0.3 is 5.97 Å². The minimum atomic E-state index is -1.08. The molecule has 2 heterocycles. The zero-order valence-electron chi connectivity index (χ0n) is 5.88. The lowest BCUT2D eigenvalue weighted by atomic mass is 10.5. The predicted molar refractivity (Wildman–Crippen MR) is 37.7 cm³/mol. The van der Waals surface area contributed by atoms with Crippen LogP contribution in [-0.4, -0.2) is 30.7 Å². The molecule has 0 aliphatic rings. The zero-order chi connectivity index (χ0) is 8.55. The minimum Gasteiger partial charge on any atom is -0.476 e. The molecule has 6 heteroatoms. The topological polar surface area (TPSA) is 80.4 Å². The van der Waals surface area contributed by atoms with Gasteiger partial charge in [0, 0.05) is 0 Å². The van der Waals surface area contributed by atoms with Crippen LogP contribution in [0.3, 0.4) is 0 Å². The highest BCUT2D eigenvalue weighted by atomic mass is 16.4. The number of aromatic nitrogens is 4. The van der Waals surface area contributed by atoms with E-state index in [2.05, 4.69) is 15.1 Å². The monoisotopic (exact) mass is 164 g/mol. The molecule has 2 aromatic rings. The summed E-state index contributed by atoms with van der Waals surface area (Å²) in [5, 5.41) is 12.3. The van der Waals surface area contributed by atoms with Gasteiger partial charge < -0.3 is 5.11 Å². The number of hydrogen-bond donors (Lipinski definition) is 1. The van der Waals surface area contributed by atoms with Gasteiger partial charge in [0.2, 0.25) is 0 Å². The van der Waals surface area contributed by atoms with Crippen LogP contribution in [-0.2, 0) is 0 Å². The Balaban J connectivity index is 2.68. The molecule has 1 N–H and O–H groups in total. The molecule has 0 fully saturated rings. The van der Waals surface area contributed by atoms with E-state index in [0.717, 1.165) is 0 Å². The molecule has 0 amide bonds. The average Bonchev–Trinajstić information content (AvgIpc) is 2.49. The van der Waals surface area contributed by atoms with Crippen molar-refractivity contribution >= 4 is 11.6 Å². The van der Waals surface area contributed by atoms with Gasteiger partial charge in [-0.25, -0.2) is 19.3 Å². The van der Waals surface area contributed by atoms with Crippen LogP contribution >= 0.6 is 0 Å². The molecule has 0 aliphatic heterocycles. The normalized spacial score (nSPS) is 10.3. The highest BCUT2D eigenvalue weighted by molar-refractivity contribution is 5.85. The number of carboxylic acids is 1. The van der Waals surface area contributed by atoms with E-state index >= 15 is 0 Å². The number of fused-ring (bicyclic) bond motifs is 1. The van der Waals surface area contributed by atoms with Crippen LogP contribution in [0.5, 0.6) is 0 Å². The lowest BCUT2D eigenvalue weighted by molar-refractivity contribution is 0.0689. The third-order valence-electron chi connectivity index (χ3n) is 1.38. The van der Waals surface area contributed by atoms with Gasteiger partial charge in [0.1, 0.15) is 6.33 Å².